The zero-order valence-corrected chi connectivity index (χ0v) is 14.1. The predicted octanol–water partition coefficient (Wildman–Crippen LogP) is -0.548. The van der Waals surface area contributed by atoms with Crippen molar-refractivity contribution in [2.45, 2.75) is 40.2 Å². The molecule has 1 aliphatic heterocycles. The number of rotatable bonds is 5. The molecule has 3 N–H and O–H groups in total. The lowest BCUT2D eigenvalue weighted by molar-refractivity contribution is -0.622. The Hall–Kier alpha value is -2.42. The minimum absolute atomic E-state index is 0.176. The summed E-state index contributed by atoms with van der Waals surface area (Å²) in [6.45, 7) is 6.96. The first-order valence-corrected chi connectivity index (χ1v) is 7.76. The van der Waals surface area contributed by atoms with Gasteiger partial charge < -0.3 is 10.3 Å². The summed E-state index contributed by atoms with van der Waals surface area (Å²) in [5, 5.41) is 26.1. The molecule has 0 bridgehead atoms. The standard InChI is InChI=1S/C15H22N4O5/c1-7(2)10(11-12(21)16-15(23)17-13(11)22)14-18(5-6-20)8(3)9(4)19(14)24/h7,10-11,20H,5-6H2,1-4H3,(H2,16,17,21,22,23)/t10-/m1/s1. The molecule has 24 heavy (non-hydrogen) atoms. The van der Waals surface area contributed by atoms with E-state index in [4.69, 9.17) is 0 Å². The number of urea groups is 1. The summed E-state index contributed by atoms with van der Waals surface area (Å²) in [5.41, 5.74) is 1.10. The molecule has 9 nitrogen and oxygen atoms in total. The van der Waals surface area contributed by atoms with E-state index < -0.39 is 29.7 Å². The second kappa shape index (κ2) is 6.60. The van der Waals surface area contributed by atoms with Gasteiger partial charge in [0, 0.05) is 13.8 Å². The molecule has 0 aliphatic carbocycles. The molecule has 0 saturated carbocycles. The summed E-state index contributed by atoms with van der Waals surface area (Å²) in [6.07, 6.45) is 0. The SMILES string of the molecule is Cc1c(C)[n+]([O-])c([C@H](C(C)C)C2C(=O)NC(=O)NC2=O)n1CCO. The van der Waals surface area contributed by atoms with Crippen LogP contribution in [0.5, 0.6) is 0 Å². The maximum atomic E-state index is 12.6. The van der Waals surface area contributed by atoms with Gasteiger partial charge in [-0.25, -0.2) is 14.1 Å². The number of amides is 4. The molecule has 0 aromatic carbocycles. The quantitative estimate of drug-likeness (QED) is 0.377. The van der Waals surface area contributed by atoms with E-state index in [-0.39, 0.29) is 24.9 Å². The number of imidazole rings is 1. The summed E-state index contributed by atoms with van der Waals surface area (Å²) in [4.78, 5) is 35.8. The normalized spacial score (nSPS) is 17.2. The van der Waals surface area contributed by atoms with Crippen LogP contribution in [0.2, 0.25) is 0 Å². The third-order valence-corrected chi connectivity index (χ3v) is 4.46. The molecule has 0 spiro atoms. The highest BCUT2D eigenvalue weighted by Crippen LogP contribution is 2.33. The minimum Gasteiger partial charge on any atom is -0.711 e. The zero-order chi connectivity index (χ0) is 18.2. The summed E-state index contributed by atoms with van der Waals surface area (Å²) in [6, 6.07) is -0.864. The maximum absolute atomic E-state index is 12.6. The number of aromatic nitrogens is 2. The van der Waals surface area contributed by atoms with E-state index in [0.717, 1.165) is 0 Å². The van der Waals surface area contributed by atoms with E-state index >= 15 is 0 Å². The van der Waals surface area contributed by atoms with Crippen LogP contribution < -0.4 is 15.4 Å². The largest absolute Gasteiger partial charge is 0.711 e. The number of carbonyl (C=O) groups is 3. The highest BCUT2D eigenvalue weighted by Gasteiger charge is 2.47. The highest BCUT2D eigenvalue weighted by atomic mass is 16.5. The van der Waals surface area contributed by atoms with Gasteiger partial charge in [0.15, 0.2) is 0 Å². The first kappa shape index (κ1) is 17.9. The Kier molecular flexibility index (Phi) is 4.93. The third kappa shape index (κ3) is 2.86. The fraction of sp³-hybridized carbons (Fsp3) is 0.600. The lowest BCUT2D eigenvalue weighted by atomic mass is 9.80. The first-order chi connectivity index (χ1) is 11.2. The van der Waals surface area contributed by atoms with E-state index in [9.17, 15) is 24.7 Å². The number of barbiturate groups is 1. The zero-order valence-electron chi connectivity index (χ0n) is 14.1. The number of aliphatic hydroxyl groups excluding tert-OH is 1. The topological polar surface area (TPSA) is 127 Å². The predicted molar refractivity (Wildman–Crippen MR) is 82.7 cm³/mol. The molecular formula is C15H22N4O5. The molecule has 0 unspecified atom stereocenters. The average Bonchev–Trinajstić information content (AvgIpc) is 2.68. The van der Waals surface area contributed by atoms with Gasteiger partial charge >= 0.3 is 6.03 Å². The van der Waals surface area contributed by atoms with Crippen molar-refractivity contribution in [3.63, 3.8) is 0 Å². The smallest absolute Gasteiger partial charge is 0.328 e. The molecule has 0 radical (unpaired) electrons. The maximum Gasteiger partial charge on any atom is 0.328 e. The highest BCUT2D eigenvalue weighted by molar-refractivity contribution is 6.16. The molecule has 132 valence electrons. The molecule has 1 fully saturated rings. The Morgan fingerprint density at radius 3 is 2.21 bits per heavy atom. The minimum atomic E-state index is -1.20. The molecule has 1 aromatic heterocycles. The number of nitrogens with zero attached hydrogens (tertiary/aromatic N) is 2. The van der Waals surface area contributed by atoms with Crippen LogP contribution in [-0.4, -0.2) is 34.1 Å². The Morgan fingerprint density at radius 2 is 1.75 bits per heavy atom. The molecule has 1 aromatic rings. The molecule has 1 saturated heterocycles. The van der Waals surface area contributed by atoms with Crippen LogP contribution in [0, 0.1) is 30.9 Å². The van der Waals surface area contributed by atoms with Gasteiger partial charge in [0.25, 0.3) is 5.82 Å². The lowest BCUT2D eigenvalue weighted by Gasteiger charge is -2.29. The van der Waals surface area contributed by atoms with Crippen LogP contribution >= 0.6 is 0 Å². The Balaban J connectivity index is 2.61. The number of aliphatic hydroxyl groups is 1. The van der Waals surface area contributed by atoms with E-state index in [1.165, 1.54) is 0 Å². The summed E-state index contributed by atoms with van der Waals surface area (Å²) < 4.78 is 2.33. The van der Waals surface area contributed by atoms with Crippen molar-refractivity contribution < 1.29 is 24.2 Å². The lowest BCUT2D eigenvalue weighted by Crippen LogP contribution is -2.58. The Labute approximate surface area is 139 Å². The van der Waals surface area contributed by atoms with Gasteiger partial charge in [-0.3, -0.25) is 20.2 Å². The van der Waals surface area contributed by atoms with Gasteiger partial charge in [0.2, 0.25) is 11.8 Å². The van der Waals surface area contributed by atoms with Crippen LogP contribution in [0.4, 0.5) is 4.79 Å². The molecule has 2 heterocycles. The number of carbonyl (C=O) groups excluding carboxylic acids is 3. The summed E-state index contributed by atoms with van der Waals surface area (Å²) in [5.74, 6) is -3.39. The molecule has 1 aliphatic rings. The van der Waals surface area contributed by atoms with Crippen molar-refractivity contribution in [2.24, 2.45) is 11.8 Å². The molecule has 2 rings (SSSR count). The third-order valence-electron chi connectivity index (χ3n) is 4.46. The Bertz CT molecular complexity index is 675. The number of hydrogen-bond donors (Lipinski definition) is 3. The van der Waals surface area contributed by atoms with E-state index in [0.29, 0.717) is 16.1 Å². The fourth-order valence-corrected chi connectivity index (χ4v) is 3.18. The van der Waals surface area contributed by atoms with Crippen molar-refractivity contribution in [2.75, 3.05) is 6.61 Å². The van der Waals surface area contributed by atoms with Gasteiger partial charge in [0.05, 0.1) is 12.5 Å². The molecule has 4 amide bonds. The van der Waals surface area contributed by atoms with Crippen molar-refractivity contribution in [1.82, 2.24) is 15.2 Å². The van der Waals surface area contributed by atoms with Crippen LogP contribution in [-0.2, 0) is 16.1 Å². The van der Waals surface area contributed by atoms with Crippen LogP contribution in [0.1, 0.15) is 37.0 Å². The van der Waals surface area contributed by atoms with Gasteiger partial charge in [-0.1, -0.05) is 13.8 Å². The van der Waals surface area contributed by atoms with Gasteiger partial charge in [-0.05, 0) is 5.92 Å². The molecule has 1 atom stereocenters. The van der Waals surface area contributed by atoms with Crippen LogP contribution in [0.25, 0.3) is 0 Å². The van der Waals surface area contributed by atoms with E-state index in [1.807, 2.05) is 0 Å². The monoisotopic (exact) mass is 338 g/mol. The first-order valence-electron chi connectivity index (χ1n) is 7.76. The Morgan fingerprint density at radius 1 is 1.21 bits per heavy atom. The molecule has 9 heteroatoms. The van der Waals surface area contributed by atoms with Gasteiger partial charge in [-0.2, -0.15) is 0 Å². The van der Waals surface area contributed by atoms with Crippen molar-refractivity contribution in [3.8, 4) is 0 Å². The number of hydrogen-bond acceptors (Lipinski definition) is 5. The molecular weight excluding hydrogens is 316 g/mol. The van der Waals surface area contributed by atoms with E-state index in [2.05, 4.69) is 10.6 Å². The average molecular weight is 338 g/mol. The van der Waals surface area contributed by atoms with Crippen LogP contribution in [0.15, 0.2) is 0 Å². The van der Waals surface area contributed by atoms with E-state index in [1.54, 1.807) is 32.3 Å². The summed E-state index contributed by atoms with van der Waals surface area (Å²) in [7, 11) is 0. The van der Waals surface area contributed by atoms with Crippen molar-refractivity contribution in [3.05, 3.63) is 22.4 Å². The van der Waals surface area contributed by atoms with Gasteiger partial charge in [0.1, 0.15) is 23.9 Å². The van der Waals surface area contributed by atoms with Crippen molar-refractivity contribution in [1.29, 1.82) is 0 Å². The van der Waals surface area contributed by atoms with Crippen LogP contribution in [0.3, 0.4) is 0 Å². The second-order valence-corrected chi connectivity index (χ2v) is 6.25. The fourth-order valence-electron chi connectivity index (χ4n) is 3.18. The van der Waals surface area contributed by atoms with Crippen molar-refractivity contribution >= 4 is 17.8 Å². The number of imide groups is 2. The summed E-state index contributed by atoms with van der Waals surface area (Å²) >= 11 is 0. The second-order valence-electron chi connectivity index (χ2n) is 6.25. The van der Waals surface area contributed by atoms with Gasteiger partial charge in [-0.15, -0.1) is 0 Å². The number of nitrogens with one attached hydrogen (secondary N) is 2.